The Balaban J connectivity index is 1.39. The van der Waals surface area contributed by atoms with Gasteiger partial charge in [-0.15, -0.1) is 0 Å². The van der Waals surface area contributed by atoms with Crippen molar-refractivity contribution in [1.82, 2.24) is 10.2 Å². The second-order valence-corrected chi connectivity index (χ2v) is 14.3. The minimum absolute atomic E-state index is 0.219. The average molecular weight is 668 g/mol. The molecule has 252 valence electrons. The number of amides is 2. The molecule has 0 atom stereocenters. The number of esters is 1. The van der Waals surface area contributed by atoms with Crippen molar-refractivity contribution in [3.8, 4) is 0 Å². The molecule has 0 unspecified atom stereocenters. The predicted molar refractivity (Wildman–Crippen MR) is 194 cm³/mol. The second-order valence-electron chi connectivity index (χ2n) is 13.2. The molecule has 0 saturated carbocycles. The number of hydrogen-bond donors (Lipinski definition) is 2. The molecule has 10 heteroatoms. The van der Waals surface area contributed by atoms with Gasteiger partial charge in [0.05, 0.1) is 29.6 Å². The van der Waals surface area contributed by atoms with Crippen LogP contribution in [0.2, 0.25) is 0 Å². The number of nitrogens with zero attached hydrogens (tertiary/aromatic N) is 3. The molecule has 2 N–H and O–H groups in total. The Hall–Kier alpha value is -4.57. The third-order valence-corrected chi connectivity index (χ3v) is 9.24. The highest BCUT2D eigenvalue weighted by molar-refractivity contribution is 7.98. The van der Waals surface area contributed by atoms with Crippen molar-refractivity contribution < 1.29 is 19.1 Å². The molecule has 0 bridgehead atoms. The lowest BCUT2D eigenvalue weighted by Gasteiger charge is -2.30. The molecule has 48 heavy (non-hydrogen) atoms. The van der Waals surface area contributed by atoms with Crippen molar-refractivity contribution in [3.05, 3.63) is 101 Å². The van der Waals surface area contributed by atoms with Crippen LogP contribution in [0.5, 0.6) is 0 Å². The van der Waals surface area contributed by atoms with Gasteiger partial charge >= 0.3 is 5.97 Å². The van der Waals surface area contributed by atoms with Gasteiger partial charge in [0.2, 0.25) is 0 Å². The van der Waals surface area contributed by atoms with E-state index in [0.717, 1.165) is 48.3 Å². The predicted octanol–water partition coefficient (Wildman–Crippen LogP) is 8.21. The number of H-pyrrole nitrogens is 1. The number of aromatic amines is 1. The summed E-state index contributed by atoms with van der Waals surface area (Å²) in [6, 6.07) is 20.8. The molecule has 2 amide bonds. The van der Waals surface area contributed by atoms with E-state index in [1.54, 1.807) is 35.0 Å². The third kappa shape index (κ3) is 9.07. The second kappa shape index (κ2) is 15.6. The number of nitrogens with one attached hydrogen (secondary N) is 2. The van der Waals surface area contributed by atoms with Crippen molar-refractivity contribution in [2.75, 3.05) is 34.0 Å². The van der Waals surface area contributed by atoms with Crippen LogP contribution < -0.4 is 15.1 Å². The summed E-state index contributed by atoms with van der Waals surface area (Å²) in [6.45, 7) is 11.5. The molecule has 9 nitrogen and oxygen atoms in total. The van der Waals surface area contributed by atoms with Crippen molar-refractivity contribution >= 4 is 52.4 Å². The number of aryl methyl sites for hydroxylation is 2. The smallest absolute Gasteiger partial charge is 0.307 e. The summed E-state index contributed by atoms with van der Waals surface area (Å²) in [5.41, 5.74) is 5.59. The normalized spacial score (nSPS) is 13.2. The molecular formula is C38H45N5O4S. The summed E-state index contributed by atoms with van der Waals surface area (Å²) in [5, 5.41) is 10.1. The van der Waals surface area contributed by atoms with Crippen LogP contribution in [-0.4, -0.2) is 52.4 Å². The van der Waals surface area contributed by atoms with E-state index in [1.165, 1.54) is 6.42 Å². The molecule has 1 aliphatic heterocycles. The number of carbonyl (C=O) groups is 3. The molecule has 4 aromatic rings. The largest absolute Gasteiger partial charge is 0.460 e. The Bertz CT molecular complexity index is 1740. The van der Waals surface area contributed by atoms with E-state index in [0.29, 0.717) is 46.2 Å². The maximum absolute atomic E-state index is 14.6. The Labute approximate surface area is 287 Å². The van der Waals surface area contributed by atoms with Crippen LogP contribution in [0.25, 0.3) is 0 Å². The third-order valence-electron chi connectivity index (χ3n) is 8.21. The first kappa shape index (κ1) is 34.8. The van der Waals surface area contributed by atoms with Gasteiger partial charge in [0.15, 0.2) is 0 Å². The van der Waals surface area contributed by atoms with Gasteiger partial charge in [-0.1, -0.05) is 18.2 Å². The Morgan fingerprint density at radius 1 is 0.958 bits per heavy atom. The van der Waals surface area contributed by atoms with Crippen LogP contribution in [0.3, 0.4) is 0 Å². The number of piperidine rings is 1. The zero-order chi connectivity index (χ0) is 34.3. The van der Waals surface area contributed by atoms with Gasteiger partial charge in [0.25, 0.3) is 11.8 Å². The molecular weight excluding hydrogens is 623 g/mol. The molecule has 0 aliphatic carbocycles. The highest BCUT2D eigenvalue weighted by Crippen LogP contribution is 2.33. The van der Waals surface area contributed by atoms with Crippen molar-refractivity contribution in [1.29, 1.82) is 0 Å². The van der Waals surface area contributed by atoms with Crippen molar-refractivity contribution in [3.63, 3.8) is 0 Å². The van der Waals surface area contributed by atoms with Crippen LogP contribution >= 0.6 is 11.8 Å². The minimum atomic E-state index is -0.501. The SMILES string of the molecule is Cc1ccc(N(C(=O)c2cc(N3CCCCC3)ccc2NC(=O)c2cccc(CSCCC(=O)OC(C)(C)C)c2)c2ccn[nH]2)cc1C. The Morgan fingerprint density at radius 3 is 2.46 bits per heavy atom. The number of carbonyl (C=O) groups excluding carboxylic acids is 3. The molecule has 3 aromatic carbocycles. The van der Waals surface area contributed by atoms with E-state index in [1.807, 2.05) is 89.2 Å². The number of rotatable bonds is 11. The lowest BCUT2D eigenvalue weighted by molar-refractivity contribution is -0.154. The Kier molecular flexibility index (Phi) is 11.3. The summed E-state index contributed by atoms with van der Waals surface area (Å²) in [4.78, 5) is 44.3. The van der Waals surface area contributed by atoms with E-state index in [2.05, 4.69) is 20.4 Å². The van der Waals surface area contributed by atoms with Crippen molar-refractivity contribution in [2.24, 2.45) is 0 Å². The number of anilines is 4. The van der Waals surface area contributed by atoms with Crippen LogP contribution in [0.15, 0.2) is 72.9 Å². The molecule has 1 aliphatic rings. The lowest BCUT2D eigenvalue weighted by Crippen LogP contribution is -2.31. The summed E-state index contributed by atoms with van der Waals surface area (Å²) >= 11 is 1.61. The number of benzene rings is 3. The summed E-state index contributed by atoms with van der Waals surface area (Å²) in [6.07, 6.45) is 5.33. The van der Waals surface area contributed by atoms with E-state index < -0.39 is 5.60 Å². The monoisotopic (exact) mass is 667 g/mol. The topological polar surface area (TPSA) is 108 Å². The standard InChI is InChI=1S/C38H45N5O4S/c1-26-12-13-31(22-27(26)2)43(34-16-18-39-41-34)37(46)32-24-30(42-19-7-6-8-20-42)14-15-33(32)40-36(45)29-11-9-10-28(23-29)25-48-21-17-35(44)47-38(3,4)5/h9-16,18,22-24H,6-8,17,19-21,25H2,1-5H3,(H,39,41)(H,40,45). The van der Waals surface area contributed by atoms with Gasteiger partial charge in [0.1, 0.15) is 11.4 Å². The molecule has 0 radical (unpaired) electrons. The molecule has 1 fully saturated rings. The fourth-order valence-electron chi connectivity index (χ4n) is 5.63. The average Bonchev–Trinajstić information content (AvgIpc) is 3.59. The maximum Gasteiger partial charge on any atom is 0.307 e. The number of thioether (sulfide) groups is 1. The first-order valence-corrected chi connectivity index (χ1v) is 17.6. The summed E-state index contributed by atoms with van der Waals surface area (Å²) in [5.74, 6) is 0.978. The van der Waals surface area contributed by atoms with Gasteiger partial charge in [0, 0.05) is 41.9 Å². The van der Waals surface area contributed by atoms with E-state index >= 15 is 0 Å². The number of aromatic nitrogens is 2. The minimum Gasteiger partial charge on any atom is -0.460 e. The first-order chi connectivity index (χ1) is 23.0. The molecule has 1 saturated heterocycles. The lowest BCUT2D eigenvalue weighted by atomic mass is 10.0. The zero-order valence-corrected chi connectivity index (χ0v) is 29.3. The molecule has 2 heterocycles. The van der Waals surface area contributed by atoms with E-state index in [4.69, 9.17) is 4.74 Å². The molecule has 1 aromatic heterocycles. The van der Waals surface area contributed by atoms with E-state index in [9.17, 15) is 14.4 Å². The van der Waals surface area contributed by atoms with Gasteiger partial charge in [-0.25, -0.2) is 0 Å². The number of ether oxygens (including phenoxy) is 1. The van der Waals surface area contributed by atoms with Gasteiger partial charge in [-0.3, -0.25) is 24.4 Å². The van der Waals surface area contributed by atoms with Crippen LogP contribution in [0.4, 0.5) is 22.9 Å². The quantitative estimate of drug-likeness (QED) is 0.123. The fourth-order valence-corrected chi connectivity index (χ4v) is 6.50. The van der Waals surface area contributed by atoms with Gasteiger partial charge in [-0.2, -0.15) is 16.9 Å². The molecule has 0 spiro atoms. The Morgan fingerprint density at radius 2 is 1.75 bits per heavy atom. The summed E-state index contributed by atoms with van der Waals surface area (Å²) in [7, 11) is 0. The zero-order valence-electron chi connectivity index (χ0n) is 28.5. The van der Waals surface area contributed by atoms with E-state index in [-0.39, 0.29) is 17.8 Å². The van der Waals surface area contributed by atoms with Crippen molar-refractivity contribution in [2.45, 2.75) is 71.7 Å². The van der Waals surface area contributed by atoms with Crippen LogP contribution in [-0.2, 0) is 15.3 Å². The number of hydrogen-bond acceptors (Lipinski definition) is 7. The van der Waals surface area contributed by atoms with Crippen LogP contribution in [0.1, 0.15) is 83.9 Å². The highest BCUT2D eigenvalue weighted by atomic mass is 32.2. The highest BCUT2D eigenvalue weighted by Gasteiger charge is 2.26. The maximum atomic E-state index is 14.6. The summed E-state index contributed by atoms with van der Waals surface area (Å²) < 4.78 is 5.40. The molecule has 5 rings (SSSR count). The first-order valence-electron chi connectivity index (χ1n) is 16.5. The van der Waals surface area contributed by atoms with Crippen LogP contribution in [0, 0.1) is 13.8 Å². The van der Waals surface area contributed by atoms with Gasteiger partial charge in [-0.05, 0) is 113 Å². The fraction of sp³-hybridized carbons (Fsp3) is 0.368. The van der Waals surface area contributed by atoms with Gasteiger partial charge < -0.3 is 15.0 Å².